The zero-order valence-electron chi connectivity index (χ0n) is 32.2. The Morgan fingerprint density at radius 1 is 0.254 bits per heavy atom. The van der Waals surface area contributed by atoms with Gasteiger partial charge in [-0.25, -0.2) is 0 Å². The fraction of sp³-hybridized carbons (Fsp3) is 0. The van der Waals surface area contributed by atoms with Crippen LogP contribution >= 0.6 is 0 Å². The van der Waals surface area contributed by atoms with Crippen LogP contribution in [0.5, 0.6) is 0 Å². The minimum absolute atomic E-state index is 0.0168. The lowest BCUT2D eigenvalue weighted by Gasteiger charge is -2.19. The van der Waals surface area contributed by atoms with Crippen LogP contribution in [0.1, 0.15) is 0 Å². The number of rotatable bonds is 6. The lowest BCUT2D eigenvalue weighted by atomic mass is 9.84. The van der Waals surface area contributed by atoms with Gasteiger partial charge in [-0.2, -0.15) is 0 Å². The molecule has 0 saturated heterocycles. The molecule has 2 heteroatoms. The van der Waals surface area contributed by atoms with E-state index >= 15 is 0 Å². The summed E-state index contributed by atoms with van der Waals surface area (Å²) in [5.74, 6) is 0. The molecule has 59 heavy (non-hydrogen) atoms. The van der Waals surface area contributed by atoms with Crippen molar-refractivity contribution in [1.29, 1.82) is 0 Å². The van der Waals surface area contributed by atoms with Gasteiger partial charge in [-0.05, 0) is 119 Å². The Bertz CT molecular complexity index is 3400. The van der Waals surface area contributed by atoms with Gasteiger partial charge in [-0.15, -0.1) is 0 Å². The lowest BCUT2D eigenvalue weighted by Crippen LogP contribution is -2.19. The van der Waals surface area contributed by atoms with Gasteiger partial charge in [-0.3, -0.25) is 9.36 Å². The highest BCUT2D eigenvalue weighted by atomic mass is 16.1. The summed E-state index contributed by atoms with van der Waals surface area (Å²) in [4.78, 5) is 14.0. The third-order valence-electron chi connectivity index (χ3n) is 11.8. The maximum absolute atomic E-state index is 14.0. The van der Waals surface area contributed by atoms with Crippen molar-refractivity contribution in [3.8, 4) is 61.3 Å². The fourth-order valence-electron chi connectivity index (χ4n) is 8.99. The van der Waals surface area contributed by atoms with Crippen molar-refractivity contribution in [2.75, 3.05) is 0 Å². The van der Waals surface area contributed by atoms with Gasteiger partial charge in [-0.1, -0.05) is 188 Å². The van der Waals surface area contributed by atoms with Gasteiger partial charge >= 0.3 is 0 Å². The van der Waals surface area contributed by atoms with Crippen LogP contribution in [0.4, 0.5) is 0 Å². The third kappa shape index (κ3) is 5.93. The van der Waals surface area contributed by atoms with E-state index in [0.717, 1.165) is 33.1 Å². The topological polar surface area (TPSA) is 22.0 Å². The molecule has 11 rings (SSSR count). The van der Waals surface area contributed by atoms with E-state index in [-0.39, 0.29) is 5.56 Å². The summed E-state index contributed by atoms with van der Waals surface area (Å²) in [5.41, 5.74) is 13.5. The normalized spacial score (nSPS) is 11.5. The van der Waals surface area contributed by atoms with Gasteiger partial charge in [0.05, 0.1) is 5.52 Å². The molecule has 0 N–H and O–H groups in total. The first-order valence-electron chi connectivity index (χ1n) is 20.1. The Hall–Kier alpha value is -7.81. The molecule has 0 aliphatic carbocycles. The van der Waals surface area contributed by atoms with Crippen molar-refractivity contribution < 1.29 is 0 Å². The van der Waals surface area contributed by atoms with E-state index in [2.05, 4.69) is 176 Å². The smallest absolute Gasteiger partial charge is 0.263 e. The minimum atomic E-state index is -0.0168. The molecule has 1 heterocycles. The molecule has 0 radical (unpaired) electrons. The molecule has 1 aromatic heterocycles. The number of hydrogen-bond acceptors (Lipinski definition) is 1. The Balaban J connectivity index is 1.16. The lowest BCUT2D eigenvalue weighted by molar-refractivity contribution is 1.06. The van der Waals surface area contributed by atoms with Crippen LogP contribution in [0, 0.1) is 0 Å². The van der Waals surface area contributed by atoms with Crippen LogP contribution in [-0.2, 0) is 0 Å². The van der Waals surface area contributed by atoms with Crippen molar-refractivity contribution in [1.82, 2.24) is 4.57 Å². The molecular weight excluding hydrogens is 715 g/mol. The number of para-hydroxylation sites is 1. The second-order valence-electron chi connectivity index (χ2n) is 15.2. The van der Waals surface area contributed by atoms with Crippen molar-refractivity contribution in [2.45, 2.75) is 0 Å². The average Bonchev–Trinajstić information content (AvgIpc) is 3.31. The first-order valence-corrected chi connectivity index (χ1v) is 20.1. The van der Waals surface area contributed by atoms with Gasteiger partial charge in [0, 0.05) is 16.5 Å². The molecule has 276 valence electrons. The largest absolute Gasteiger partial charge is 0.276 e. The van der Waals surface area contributed by atoms with Crippen molar-refractivity contribution in [3.63, 3.8) is 0 Å². The molecule has 0 aliphatic heterocycles. The van der Waals surface area contributed by atoms with Gasteiger partial charge < -0.3 is 0 Å². The number of pyridine rings is 1. The van der Waals surface area contributed by atoms with E-state index in [0.29, 0.717) is 5.39 Å². The summed E-state index contributed by atoms with van der Waals surface area (Å²) in [6.45, 7) is 0. The van der Waals surface area contributed by atoms with Crippen molar-refractivity contribution in [2.24, 2.45) is 0 Å². The van der Waals surface area contributed by atoms with Crippen molar-refractivity contribution >= 4 is 43.2 Å². The van der Waals surface area contributed by atoms with Crippen LogP contribution in [0.15, 0.2) is 229 Å². The highest BCUT2D eigenvalue weighted by Crippen LogP contribution is 2.45. The molecule has 0 spiro atoms. The summed E-state index contributed by atoms with van der Waals surface area (Å²) in [6.07, 6.45) is 0. The number of hydrogen-bond donors (Lipinski definition) is 0. The van der Waals surface area contributed by atoms with Gasteiger partial charge in [0.25, 0.3) is 5.56 Å². The molecular formula is C57H37NO. The fourth-order valence-corrected chi connectivity index (χ4v) is 8.99. The summed E-state index contributed by atoms with van der Waals surface area (Å²) in [5, 5.41) is 7.52. The quantitative estimate of drug-likeness (QED) is 0.122. The van der Waals surface area contributed by atoms with Crippen LogP contribution in [0.2, 0.25) is 0 Å². The predicted octanol–water partition coefficient (Wildman–Crippen LogP) is 14.8. The van der Waals surface area contributed by atoms with E-state index < -0.39 is 0 Å². The Morgan fingerprint density at radius 3 is 1.19 bits per heavy atom. The molecule has 2 nitrogen and oxygen atoms in total. The third-order valence-corrected chi connectivity index (χ3v) is 11.8. The van der Waals surface area contributed by atoms with Gasteiger partial charge in [0.15, 0.2) is 0 Å². The molecule has 11 aromatic rings. The standard InChI is InChI=1S/C57H37NO/c59-57-51-23-13-10-20-47(51)52-36-45(33-35-54(52)58(57)46-18-8-3-9-19-46)44-32-34-50-53(37-44)56(43-30-26-41(27-31-43)39-16-6-2-7-17-39)49-22-12-11-21-48(49)55(50)42-28-24-40(25-29-42)38-14-4-1-5-15-38/h1-37H. The summed E-state index contributed by atoms with van der Waals surface area (Å²) in [7, 11) is 0. The van der Waals surface area contributed by atoms with Crippen LogP contribution in [0.25, 0.3) is 105 Å². The van der Waals surface area contributed by atoms with Crippen LogP contribution < -0.4 is 5.56 Å². The van der Waals surface area contributed by atoms with Crippen molar-refractivity contribution in [3.05, 3.63) is 235 Å². The van der Waals surface area contributed by atoms with E-state index in [1.54, 1.807) is 0 Å². The second kappa shape index (κ2) is 14.3. The summed E-state index contributed by atoms with van der Waals surface area (Å²) < 4.78 is 1.85. The van der Waals surface area contributed by atoms with Gasteiger partial charge in [0.2, 0.25) is 0 Å². The highest BCUT2D eigenvalue weighted by Gasteiger charge is 2.19. The molecule has 0 unspecified atom stereocenters. The maximum atomic E-state index is 14.0. The Labute approximate surface area is 342 Å². The van der Waals surface area contributed by atoms with Gasteiger partial charge in [0.1, 0.15) is 0 Å². The minimum Gasteiger partial charge on any atom is -0.276 e. The first-order chi connectivity index (χ1) is 29.2. The second-order valence-corrected chi connectivity index (χ2v) is 15.2. The molecule has 0 fully saturated rings. The number of nitrogens with zero attached hydrogens (tertiary/aromatic N) is 1. The Kier molecular flexibility index (Phi) is 8.34. The average molecular weight is 752 g/mol. The highest BCUT2D eigenvalue weighted by molar-refractivity contribution is 6.22. The zero-order chi connectivity index (χ0) is 39.3. The van der Waals surface area contributed by atoms with E-state index in [1.807, 2.05) is 53.1 Å². The first kappa shape index (κ1) is 34.4. The number of aromatic nitrogens is 1. The monoisotopic (exact) mass is 751 g/mol. The molecule has 0 aliphatic rings. The van der Waals surface area contributed by atoms with E-state index in [4.69, 9.17) is 0 Å². The summed E-state index contributed by atoms with van der Waals surface area (Å²) >= 11 is 0. The van der Waals surface area contributed by atoms with E-state index in [9.17, 15) is 4.79 Å². The van der Waals surface area contributed by atoms with Crippen LogP contribution in [-0.4, -0.2) is 4.57 Å². The summed E-state index contributed by atoms with van der Waals surface area (Å²) in [6, 6.07) is 79.4. The molecule has 0 saturated carbocycles. The SMILES string of the molecule is O=c1c2ccccc2c2cc(-c3ccc4c(-c5ccc(-c6ccccc6)cc5)c5ccccc5c(-c5ccc(-c6ccccc6)cc5)c4c3)ccc2n1-c1ccccc1. The van der Waals surface area contributed by atoms with E-state index in [1.165, 1.54) is 66.1 Å². The predicted molar refractivity (Wildman–Crippen MR) is 249 cm³/mol. The molecule has 0 atom stereocenters. The maximum Gasteiger partial charge on any atom is 0.263 e. The molecule has 0 bridgehead atoms. The van der Waals surface area contributed by atoms with Crippen LogP contribution in [0.3, 0.4) is 0 Å². The zero-order valence-corrected chi connectivity index (χ0v) is 32.2. The molecule has 10 aromatic carbocycles. The Morgan fingerprint density at radius 2 is 0.627 bits per heavy atom. The number of fused-ring (bicyclic) bond motifs is 5. The molecule has 0 amide bonds. The number of benzene rings is 10.